The van der Waals surface area contributed by atoms with Crippen LogP contribution >= 0.6 is 0 Å². The Labute approximate surface area is 89.1 Å². The number of hydroxylamine groups is 1. The summed E-state index contributed by atoms with van der Waals surface area (Å²) in [5, 5.41) is 0. The van der Waals surface area contributed by atoms with Gasteiger partial charge in [0.15, 0.2) is 6.61 Å². The molecule has 0 aliphatic rings. The van der Waals surface area contributed by atoms with Crippen molar-refractivity contribution in [2.24, 2.45) is 0 Å². The third-order valence-corrected chi connectivity index (χ3v) is 1.97. The smallest absolute Gasteiger partial charge is 0.281 e. The standard InChI is InChI=1S/C11H15NO3/c1-8-5-4-6-9(2)11(8)15-7-10(13)12-14-3/h4-6H,7H2,1-3H3,(H,12,13). The van der Waals surface area contributed by atoms with Gasteiger partial charge in [-0.05, 0) is 25.0 Å². The third-order valence-electron chi connectivity index (χ3n) is 1.97. The molecule has 82 valence electrons. The van der Waals surface area contributed by atoms with Crippen LogP contribution in [0.3, 0.4) is 0 Å². The Bertz CT molecular complexity index is 329. The maximum Gasteiger partial charge on any atom is 0.281 e. The highest BCUT2D eigenvalue weighted by Crippen LogP contribution is 2.21. The second kappa shape index (κ2) is 5.36. The Morgan fingerprint density at radius 2 is 1.93 bits per heavy atom. The summed E-state index contributed by atoms with van der Waals surface area (Å²) in [5.41, 5.74) is 4.22. The zero-order chi connectivity index (χ0) is 11.3. The topological polar surface area (TPSA) is 47.6 Å². The van der Waals surface area contributed by atoms with Crippen molar-refractivity contribution in [3.8, 4) is 5.75 Å². The number of hydrogen-bond donors (Lipinski definition) is 1. The first-order valence-electron chi connectivity index (χ1n) is 4.66. The van der Waals surface area contributed by atoms with Crippen molar-refractivity contribution in [1.82, 2.24) is 5.48 Å². The van der Waals surface area contributed by atoms with Gasteiger partial charge in [0.1, 0.15) is 5.75 Å². The number of amides is 1. The Morgan fingerprint density at radius 3 is 2.47 bits per heavy atom. The van der Waals surface area contributed by atoms with Crippen LogP contribution in [0.2, 0.25) is 0 Å². The van der Waals surface area contributed by atoms with Crippen LogP contribution < -0.4 is 10.2 Å². The van der Waals surface area contributed by atoms with Crippen molar-refractivity contribution < 1.29 is 14.4 Å². The first kappa shape index (κ1) is 11.5. The van der Waals surface area contributed by atoms with E-state index in [9.17, 15) is 4.79 Å². The van der Waals surface area contributed by atoms with E-state index in [1.165, 1.54) is 7.11 Å². The number of rotatable bonds is 4. The molecule has 0 aliphatic heterocycles. The lowest BCUT2D eigenvalue weighted by Gasteiger charge is -2.11. The van der Waals surface area contributed by atoms with Gasteiger partial charge in [-0.2, -0.15) is 0 Å². The maximum atomic E-state index is 11.1. The Kier molecular flexibility index (Phi) is 4.12. The van der Waals surface area contributed by atoms with Gasteiger partial charge in [0.25, 0.3) is 5.91 Å². The lowest BCUT2D eigenvalue weighted by molar-refractivity contribution is -0.133. The summed E-state index contributed by atoms with van der Waals surface area (Å²) >= 11 is 0. The van der Waals surface area contributed by atoms with Gasteiger partial charge in [-0.1, -0.05) is 18.2 Å². The van der Waals surface area contributed by atoms with E-state index in [4.69, 9.17) is 4.74 Å². The fourth-order valence-corrected chi connectivity index (χ4v) is 1.31. The van der Waals surface area contributed by atoms with Gasteiger partial charge in [-0.25, -0.2) is 5.48 Å². The van der Waals surface area contributed by atoms with Crippen molar-refractivity contribution >= 4 is 5.91 Å². The van der Waals surface area contributed by atoms with Crippen molar-refractivity contribution in [3.05, 3.63) is 29.3 Å². The highest BCUT2D eigenvalue weighted by atomic mass is 16.6. The second-order valence-corrected chi connectivity index (χ2v) is 3.24. The number of nitrogens with one attached hydrogen (secondary N) is 1. The van der Waals surface area contributed by atoms with Crippen molar-refractivity contribution in [3.63, 3.8) is 0 Å². The molecule has 0 aromatic heterocycles. The molecule has 4 heteroatoms. The third kappa shape index (κ3) is 3.25. The largest absolute Gasteiger partial charge is 0.483 e. The van der Waals surface area contributed by atoms with Gasteiger partial charge in [-0.3, -0.25) is 9.63 Å². The Balaban J connectivity index is 2.61. The number of carbonyl (C=O) groups is 1. The van der Waals surface area contributed by atoms with Crippen LogP contribution in [0.15, 0.2) is 18.2 Å². The van der Waals surface area contributed by atoms with Crippen molar-refractivity contribution in [2.45, 2.75) is 13.8 Å². The summed E-state index contributed by atoms with van der Waals surface area (Å²) in [6.45, 7) is 3.84. The lowest BCUT2D eigenvalue weighted by Crippen LogP contribution is -2.27. The van der Waals surface area contributed by atoms with Gasteiger partial charge >= 0.3 is 0 Å². The van der Waals surface area contributed by atoms with Crippen molar-refractivity contribution in [1.29, 1.82) is 0 Å². The summed E-state index contributed by atoms with van der Waals surface area (Å²) < 4.78 is 5.39. The summed E-state index contributed by atoms with van der Waals surface area (Å²) in [5.74, 6) is 0.448. The summed E-state index contributed by atoms with van der Waals surface area (Å²) in [4.78, 5) is 15.6. The van der Waals surface area contributed by atoms with E-state index < -0.39 is 0 Å². The minimum Gasteiger partial charge on any atom is -0.483 e. The van der Waals surface area contributed by atoms with Gasteiger partial charge < -0.3 is 4.74 Å². The molecule has 1 amide bonds. The Hall–Kier alpha value is -1.55. The zero-order valence-corrected chi connectivity index (χ0v) is 9.16. The fourth-order valence-electron chi connectivity index (χ4n) is 1.31. The molecule has 0 fully saturated rings. The molecule has 1 N–H and O–H groups in total. The molecule has 0 bridgehead atoms. The van der Waals surface area contributed by atoms with Gasteiger partial charge in [-0.15, -0.1) is 0 Å². The molecule has 0 spiro atoms. The number of hydrogen-bond acceptors (Lipinski definition) is 3. The molecule has 0 heterocycles. The molecular weight excluding hydrogens is 194 g/mol. The van der Waals surface area contributed by atoms with Crippen LogP contribution in [-0.4, -0.2) is 19.6 Å². The number of carbonyl (C=O) groups excluding carboxylic acids is 1. The van der Waals surface area contributed by atoms with E-state index in [1.807, 2.05) is 32.0 Å². The lowest BCUT2D eigenvalue weighted by atomic mass is 10.1. The minimum atomic E-state index is -0.305. The van der Waals surface area contributed by atoms with Crippen LogP contribution in [0, 0.1) is 13.8 Å². The maximum absolute atomic E-state index is 11.1. The average Bonchev–Trinajstić information content (AvgIpc) is 2.17. The molecule has 0 saturated heterocycles. The summed E-state index contributed by atoms with van der Waals surface area (Å²) in [7, 11) is 1.39. The molecule has 1 rings (SSSR count). The summed E-state index contributed by atoms with van der Waals surface area (Å²) in [6.07, 6.45) is 0. The van der Waals surface area contributed by atoms with E-state index in [0.29, 0.717) is 0 Å². The van der Waals surface area contributed by atoms with Crippen LogP contribution in [0.4, 0.5) is 0 Å². The van der Waals surface area contributed by atoms with Gasteiger partial charge in [0, 0.05) is 0 Å². The normalized spacial score (nSPS) is 9.80. The number of ether oxygens (including phenoxy) is 1. The molecule has 1 aromatic rings. The summed E-state index contributed by atoms with van der Waals surface area (Å²) in [6, 6.07) is 5.83. The molecule has 0 aliphatic carbocycles. The molecule has 0 atom stereocenters. The monoisotopic (exact) mass is 209 g/mol. The molecule has 0 unspecified atom stereocenters. The highest BCUT2D eigenvalue weighted by Gasteiger charge is 2.06. The van der Waals surface area contributed by atoms with Crippen LogP contribution in [0.25, 0.3) is 0 Å². The van der Waals surface area contributed by atoms with Crippen LogP contribution in [0.1, 0.15) is 11.1 Å². The molecular formula is C11H15NO3. The van der Waals surface area contributed by atoms with Crippen LogP contribution in [0.5, 0.6) is 5.75 Å². The van der Waals surface area contributed by atoms with Crippen molar-refractivity contribution in [2.75, 3.05) is 13.7 Å². The molecule has 0 saturated carbocycles. The predicted molar refractivity (Wildman–Crippen MR) is 56.6 cm³/mol. The molecule has 0 radical (unpaired) electrons. The van der Waals surface area contributed by atoms with Gasteiger partial charge in [0.05, 0.1) is 7.11 Å². The van der Waals surface area contributed by atoms with E-state index in [1.54, 1.807) is 0 Å². The Morgan fingerprint density at radius 1 is 1.33 bits per heavy atom. The predicted octanol–water partition coefficient (Wildman–Crippen LogP) is 1.36. The number of benzene rings is 1. The van der Waals surface area contributed by atoms with Gasteiger partial charge in [0.2, 0.25) is 0 Å². The first-order valence-corrected chi connectivity index (χ1v) is 4.66. The quantitative estimate of drug-likeness (QED) is 0.762. The molecule has 15 heavy (non-hydrogen) atoms. The first-order chi connectivity index (χ1) is 7.15. The SMILES string of the molecule is CONC(=O)COc1c(C)cccc1C. The minimum absolute atomic E-state index is 0.0421. The fraction of sp³-hybridized carbons (Fsp3) is 0.364. The number of aryl methyl sites for hydroxylation is 2. The molecule has 1 aromatic carbocycles. The van der Waals surface area contributed by atoms with E-state index in [-0.39, 0.29) is 12.5 Å². The zero-order valence-electron chi connectivity index (χ0n) is 9.16. The van der Waals surface area contributed by atoms with Crippen LogP contribution in [-0.2, 0) is 9.63 Å². The second-order valence-electron chi connectivity index (χ2n) is 3.24. The highest BCUT2D eigenvalue weighted by molar-refractivity contribution is 5.76. The molecule has 4 nitrogen and oxygen atoms in total. The number of para-hydroxylation sites is 1. The van der Waals surface area contributed by atoms with E-state index >= 15 is 0 Å². The van der Waals surface area contributed by atoms with E-state index in [0.717, 1.165) is 16.9 Å². The van der Waals surface area contributed by atoms with E-state index in [2.05, 4.69) is 10.3 Å². The average molecular weight is 209 g/mol.